The fourth-order valence-electron chi connectivity index (χ4n) is 2.41. The van der Waals surface area contributed by atoms with Gasteiger partial charge in [-0.05, 0) is 45.0 Å². The van der Waals surface area contributed by atoms with Crippen LogP contribution in [0.3, 0.4) is 0 Å². The second kappa shape index (κ2) is 6.95. The van der Waals surface area contributed by atoms with Crippen molar-refractivity contribution in [3.05, 3.63) is 12.4 Å². The minimum absolute atomic E-state index is 0.871. The first-order chi connectivity index (χ1) is 8.83. The van der Waals surface area contributed by atoms with Crippen LogP contribution in [0.5, 0.6) is 0 Å². The minimum atomic E-state index is 0.871. The molecule has 1 aliphatic rings. The zero-order chi connectivity index (χ0) is 12.8. The fraction of sp³-hybridized carbons (Fsp3) is 0.692. The molecule has 1 aliphatic heterocycles. The molecule has 2 heterocycles. The average Bonchev–Trinajstić information content (AvgIpc) is 2.46. The van der Waals surface area contributed by atoms with Gasteiger partial charge in [0.1, 0.15) is 17.2 Å². The van der Waals surface area contributed by atoms with Gasteiger partial charge in [0.15, 0.2) is 0 Å². The molecule has 1 aromatic rings. The van der Waals surface area contributed by atoms with Gasteiger partial charge >= 0.3 is 0 Å². The molecule has 2 rings (SSSR count). The normalized spacial score (nSPS) is 17.1. The molecule has 100 valence electrons. The van der Waals surface area contributed by atoms with E-state index < -0.39 is 0 Å². The molecule has 0 radical (unpaired) electrons. The van der Waals surface area contributed by atoms with Gasteiger partial charge in [-0.25, -0.2) is 9.97 Å². The third kappa shape index (κ3) is 3.59. The van der Waals surface area contributed by atoms with E-state index in [0.29, 0.717) is 0 Å². The van der Waals surface area contributed by atoms with E-state index in [-0.39, 0.29) is 0 Å². The number of nitrogens with one attached hydrogen (secondary N) is 1. The Morgan fingerprint density at radius 3 is 2.83 bits per heavy atom. The number of nitrogens with zero attached hydrogens (tertiary/aromatic N) is 3. The predicted octanol–water partition coefficient (Wildman–Crippen LogP) is 2.02. The van der Waals surface area contributed by atoms with E-state index in [1.807, 2.05) is 7.05 Å². The second-order valence-corrected chi connectivity index (χ2v) is 5.57. The predicted molar refractivity (Wildman–Crippen MR) is 77.3 cm³/mol. The van der Waals surface area contributed by atoms with Crippen molar-refractivity contribution in [1.82, 2.24) is 15.3 Å². The van der Waals surface area contributed by atoms with E-state index in [9.17, 15) is 0 Å². The van der Waals surface area contributed by atoms with E-state index in [4.69, 9.17) is 0 Å². The SMILES string of the molecule is CNCCC1CCN(c2cc(SC)ncn2)CC1. The molecular formula is C13H22N4S. The summed E-state index contributed by atoms with van der Waals surface area (Å²) in [5.41, 5.74) is 0. The molecular weight excluding hydrogens is 244 g/mol. The highest BCUT2D eigenvalue weighted by molar-refractivity contribution is 7.98. The van der Waals surface area contributed by atoms with Gasteiger partial charge in [0, 0.05) is 19.2 Å². The lowest BCUT2D eigenvalue weighted by Gasteiger charge is -2.32. The third-order valence-corrected chi connectivity index (χ3v) is 4.22. The molecule has 5 heteroatoms. The lowest BCUT2D eigenvalue weighted by Crippen LogP contribution is -2.35. The van der Waals surface area contributed by atoms with Crippen molar-refractivity contribution >= 4 is 17.6 Å². The van der Waals surface area contributed by atoms with Gasteiger partial charge < -0.3 is 10.2 Å². The highest BCUT2D eigenvalue weighted by Gasteiger charge is 2.19. The molecule has 4 nitrogen and oxygen atoms in total. The standard InChI is InChI=1S/C13H22N4S/c1-14-6-3-11-4-7-17(8-5-11)12-9-13(18-2)16-10-15-12/h9-11,14H,3-8H2,1-2H3. The Morgan fingerprint density at radius 2 is 2.17 bits per heavy atom. The molecule has 0 atom stereocenters. The second-order valence-electron chi connectivity index (χ2n) is 4.74. The number of thioether (sulfide) groups is 1. The average molecular weight is 266 g/mol. The number of rotatable bonds is 5. The molecule has 1 fully saturated rings. The van der Waals surface area contributed by atoms with E-state index >= 15 is 0 Å². The molecule has 0 aliphatic carbocycles. The van der Waals surface area contributed by atoms with Crippen LogP contribution in [0.15, 0.2) is 17.4 Å². The lowest BCUT2D eigenvalue weighted by molar-refractivity contribution is 0.377. The summed E-state index contributed by atoms with van der Waals surface area (Å²) in [5, 5.41) is 4.29. The van der Waals surface area contributed by atoms with Crippen molar-refractivity contribution < 1.29 is 0 Å². The third-order valence-electron chi connectivity index (χ3n) is 3.58. The van der Waals surface area contributed by atoms with Gasteiger partial charge in [-0.15, -0.1) is 11.8 Å². The van der Waals surface area contributed by atoms with Crippen LogP contribution in [-0.4, -0.2) is 42.9 Å². The summed E-state index contributed by atoms with van der Waals surface area (Å²) in [6.07, 6.45) is 7.58. The van der Waals surface area contributed by atoms with Crippen molar-refractivity contribution in [3.63, 3.8) is 0 Å². The number of anilines is 1. The van der Waals surface area contributed by atoms with E-state index in [1.165, 1.54) is 19.3 Å². The van der Waals surface area contributed by atoms with Gasteiger partial charge in [-0.3, -0.25) is 0 Å². The minimum Gasteiger partial charge on any atom is -0.356 e. The quantitative estimate of drug-likeness (QED) is 0.652. The summed E-state index contributed by atoms with van der Waals surface area (Å²) in [5.74, 6) is 1.96. The molecule has 0 bridgehead atoms. The first kappa shape index (κ1) is 13.6. The van der Waals surface area contributed by atoms with Crippen molar-refractivity contribution in [3.8, 4) is 0 Å². The van der Waals surface area contributed by atoms with Crippen LogP contribution in [-0.2, 0) is 0 Å². The Morgan fingerprint density at radius 1 is 1.39 bits per heavy atom. The Bertz CT molecular complexity index is 364. The van der Waals surface area contributed by atoms with Crippen molar-refractivity contribution in [2.45, 2.75) is 24.3 Å². The summed E-state index contributed by atoms with van der Waals surface area (Å²) in [6.45, 7) is 3.38. The van der Waals surface area contributed by atoms with Crippen LogP contribution in [0.25, 0.3) is 0 Å². The maximum atomic E-state index is 4.39. The molecule has 0 unspecified atom stereocenters. The fourth-order valence-corrected chi connectivity index (χ4v) is 2.79. The highest BCUT2D eigenvalue weighted by Crippen LogP contribution is 2.25. The van der Waals surface area contributed by atoms with E-state index in [2.05, 4.69) is 32.5 Å². The van der Waals surface area contributed by atoms with Crippen molar-refractivity contribution in [1.29, 1.82) is 0 Å². The van der Waals surface area contributed by atoms with Crippen LogP contribution >= 0.6 is 11.8 Å². The first-order valence-corrected chi connectivity index (χ1v) is 7.81. The highest BCUT2D eigenvalue weighted by atomic mass is 32.2. The van der Waals surface area contributed by atoms with Gasteiger partial charge in [-0.2, -0.15) is 0 Å². The monoisotopic (exact) mass is 266 g/mol. The Hall–Kier alpha value is -0.810. The zero-order valence-electron chi connectivity index (χ0n) is 11.2. The largest absolute Gasteiger partial charge is 0.356 e. The smallest absolute Gasteiger partial charge is 0.133 e. The van der Waals surface area contributed by atoms with Gasteiger partial charge in [0.05, 0.1) is 0 Å². The number of piperidine rings is 1. The van der Waals surface area contributed by atoms with Crippen LogP contribution in [0.4, 0.5) is 5.82 Å². The van der Waals surface area contributed by atoms with Crippen LogP contribution in [0, 0.1) is 5.92 Å². The van der Waals surface area contributed by atoms with E-state index in [1.54, 1.807) is 18.1 Å². The molecule has 1 aromatic heterocycles. The molecule has 1 saturated heterocycles. The number of hydrogen-bond donors (Lipinski definition) is 1. The van der Waals surface area contributed by atoms with Crippen molar-refractivity contribution in [2.24, 2.45) is 5.92 Å². The van der Waals surface area contributed by atoms with Crippen LogP contribution < -0.4 is 10.2 Å². The first-order valence-electron chi connectivity index (χ1n) is 6.59. The molecule has 0 aromatic carbocycles. The van der Waals surface area contributed by atoms with Gasteiger partial charge in [0.2, 0.25) is 0 Å². The maximum absolute atomic E-state index is 4.39. The summed E-state index contributed by atoms with van der Waals surface area (Å²) in [7, 11) is 2.03. The van der Waals surface area contributed by atoms with Gasteiger partial charge in [0.25, 0.3) is 0 Å². The molecule has 0 spiro atoms. The summed E-state index contributed by atoms with van der Waals surface area (Å²) in [4.78, 5) is 11.0. The molecule has 18 heavy (non-hydrogen) atoms. The molecule has 0 saturated carbocycles. The van der Waals surface area contributed by atoms with Crippen molar-refractivity contribution in [2.75, 3.05) is 37.8 Å². The Kier molecular flexibility index (Phi) is 5.26. The lowest BCUT2D eigenvalue weighted by atomic mass is 9.93. The summed E-state index contributed by atoms with van der Waals surface area (Å²) in [6, 6.07) is 2.10. The molecule has 0 amide bonds. The topological polar surface area (TPSA) is 41.0 Å². The van der Waals surface area contributed by atoms with Crippen LogP contribution in [0.2, 0.25) is 0 Å². The summed E-state index contributed by atoms with van der Waals surface area (Å²) < 4.78 is 0. The maximum Gasteiger partial charge on any atom is 0.133 e. The van der Waals surface area contributed by atoms with Gasteiger partial charge in [-0.1, -0.05) is 0 Å². The Balaban J connectivity index is 1.88. The van der Waals surface area contributed by atoms with E-state index in [0.717, 1.165) is 36.4 Å². The summed E-state index contributed by atoms with van der Waals surface area (Å²) >= 11 is 1.67. The molecule has 1 N–H and O–H groups in total. The number of aromatic nitrogens is 2. The number of hydrogen-bond acceptors (Lipinski definition) is 5. The van der Waals surface area contributed by atoms with Crippen LogP contribution in [0.1, 0.15) is 19.3 Å². The Labute approximate surface area is 114 Å². The zero-order valence-corrected chi connectivity index (χ0v) is 12.0.